The summed E-state index contributed by atoms with van der Waals surface area (Å²) in [5.74, 6) is 1.32. The Morgan fingerprint density at radius 1 is 1.22 bits per heavy atom. The molecule has 1 aliphatic carbocycles. The Kier molecular flexibility index (Phi) is 4.70. The number of hydrogen-bond acceptors (Lipinski definition) is 2. The third-order valence-electron chi connectivity index (χ3n) is 4.47. The van der Waals surface area contributed by atoms with Gasteiger partial charge < -0.3 is 15.1 Å². The highest BCUT2D eigenvalue weighted by Gasteiger charge is 2.25. The van der Waals surface area contributed by atoms with Crippen LogP contribution in [0.15, 0.2) is 47.1 Å². The summed E-state index contributed by atoms with van der Waals surface area (Å²) in [6.45, 7) is 4.24. The molecule has 2 N–H and O–H groups in total. The molecule has 1 aromatic carbocycles. The Labute approximate surface area is 137 Å². The van der Waals surface area contributed by atoms with Crippen LogP contribution >= 0.6 is 0 Å². The number of carbonyl (C=O) groups excluding carboxylic acids is 1. The van der Waals surface area contributed by atoms with Gasteiger partial charge in [0, 0.05) is 12.0 Å². The molecule has 0 fully saturated rings. The predicted octanol–water partition coefficient (Wildman–Crippen LogP) is 4.35. The fraction of sp³-hybridized carbons (Fsp3) is 0.421. The number of amides is 2. The molecule has 0 bridgehead atoms. The largest absolute Gasteiger partial charge is 0.469 e. The molecule has 4 heteroatoms. The van der Waals surface area contributed by atoms with Gasteiger partial charge in [-0.3, -0.25) is 0 Å². The molecule has 3 rings (SSSR count). The Morgan fingerprint density at radius 2 is 2.00 bits per heavy atom. The minimum Gasteiger partial charge on any atom is -0.469 e. The number of hydrogen-bond donors (Lipinski definition) is 2. The standard InChI is InChI=1S/C19H24N2O2/c1-13(2)18(14-7-4-3-5-8-14)21-19(22)20-16-9-6-10-17-15(16)11-12-23-17/h3-5,7-8,11-13,16,18H,6,9-10H2,1-2H3,(H2,20,21,22)/t16-,18-/m0/s1. The van der Waals surface area contributed by atoms with Gasteiger partial charge in [-0.1, -0.05) is 44.2 Å². The molecule has 0 radical (unpaired) electrons. The maximum atomic E-state index is 12.5. The van der Waals surface area contributed by atoms with Crippen LogP contribution in [0.3, 0.4) is 0 Å². The minimum atomic E-state index is -0.119. The first-order valence-electron chi connectivity index (χ1n) is 8.33. The van der Waals surface area contributed by atoms with Crippen LogP contribution in [0.1, 0.15) is 55.7 Å². The number of carbonyl (C=O) groups is 1. The van der Waals surface area contributed by atoms with Crippen LogP contribution < -0.4 is 10.6 Å². The summed E-state index contributed by atoms with van der Waals surface area (Å²) < 4.78 is 5.48. The summed E-state index contributed by atoms with van der Waals surface area (Å²) in [5, 5.41) is 6.23. The SMILES string of the molecule is CC(C)[C@H](NC(=O)N[C@H]1CCCc2occc21)c1ccccc1. The van der Waals surface area contributed by atoms with Gasteiger partial charge in [0.05, 0.1) is 18.3 Å². The van der Waals surface area contributed by atoms with E-state index in [1.54, 1.807) is 6.26 Å². The van der Waals surface area contributed by atoms with Crippen LogP contribution in [0.4, 0.5) is 4.79 Å². The van der Waals surface area contributed by atoms with E-state index in [0.29, 0.717) is 5.92 Å². The lowest BCUT2D eigenvalue weighted by Crippen LogP contribution is -2.42. The topological polar surface area (TPSA) is 54.3 Å². The summed E-state index contributed by atoms with van der Waals surface area (Å²) in [4.78, 5) is 12.5. The molecule has 0 spiro atoms. The zero-order chi connectivity index (χ0) is 16.2. The van der Waals surface area contributed by atoms with Crippen molar-refractivity contribution in [1.82, 2.24) is 10.6 Å². The highest BCUT2D eigenvalue weighted by atomic mass is 16.3. The normalized spacial score (nSPS) is 18.3. The fourth-order valence-electron chi connectivity index (χ4n) is 3.27. The van der Waals surface area contributed by atoms with E-state index in [4.69, 9.17) is 4.42 Å². The van der Waals surface area contributed by atoms with Crippen molar-refractivity contribution in [1.29, 1.82) is 0 Å². The summed E-state index contributed by atoms with van der Waals surface area (Å²) in [6, 6.07) is 12.0. The number of benzene rings is 1. The van der Waals surface area contributed by atoms with Crippen LogP contribution in [0, 0.1) is 5.92 Å². The van der Waals surface area contributed by atoms with Crippen LogP contribution in [0.5, 0.6) is 0 Å². The molecule has 0 aliphatic heterocycles. The lowest BCUT2D eigenvalue weighted by Gasteiger charge is -2.27. The predicted molar refractivity (Wildman–Crippen MR) is 90.1 cm³/mol. The Bertz CT molecular complexity index is 648. The van der Waals surface area contributed by atoms with Gasteiger partial charge in [-0.25, -0.2) is 4.79 Å². The Balaban J connectivity index is 1.67. The van der Waals surface area contributed by atoms with Crippen molar-refractivity contribution in [3.05, 3.63) is 59.5 Å². The first kappa shape index (κ1) is 15.7. The second-order valence-electron chi connectivity index (χ2n) is 6.49. The van der Waals surface area contributed by atoms with Crippen molar-refractivity contribution in [2.45, 2.75) is 45.2 Å². The molecule has 0 saturated carbocycles. The average molecular weight is 312 g/mol. The summed E-state index contributed by atoms with van der Waals surface area (Å²) >= 11 is 0. The maximum Gasteiger partial charge on any atom is 0.315 e. The smallest absolute Gasteiger partial charge is 0.315 e. The monoisotopic (exact) mass is 312 g/mol. The van der Waals surface area contributed by atoms with Gasteiger partial charge in [-0.15, -0.1) is 0 Å². The Morgan fingerprint density at radius 3 is 2.74 bits per heavy atom. The quantitative estimate of drug-likeness (QED) is 0.881. The van der Waals surface area contributed by atoms with Gasteiger partial charge in [-0.2, -0.15) is 0 Å². The fourth-order valence-corrected chi connectivity index (χ4v) is 3.27. The molecule has 4 nitrogen and oxygen atoms in total. The maximum absolute atomic E-state index is 12.5. The number of nitrogens with one attached hydrogen (secondary N) is 2. The highest BCUT2D eigenvalue weighted by molar-refractivity contribution is 5.75. The second-order valence-corrected chi connectivity index (χ2v) is 6.49. The molecule has 0 unspecified atom stereocenters. The van der Waals surface area contributed by atoms with Crippen molar-refractivity contribution in [2.24, 2.45) is 5.92 Å². The van der Waals surface area contributed by atoms with Crippen molar-refractivity contribution in [3.8, 4) is 0 Å². The van der Waals surface area contributed by atoms with Crippen LogP contribution in [-0.2, 0) is 6.42 Å². The number of furan rings is 1. The highest BCUT2D eigenvalue weighted by Crippen LogP contribution is 2.30. The van der Waals surface area contributed by atoms with Gasteiger partial charge in [-0.05, 0) is 30.4 Å². The van der Waals surface area contributed by atoms with E-state index in [9.17, 15) is 4.79 Å². The molecular formula is C19H24N2O2. The van der Waals surface area contributed by atoms with Gasteiger partial charge in [0.2, 0.25) is 0 Å². The first-order valence-corrected chi connectivity index (χ1v) is 8.33. The van der Waals surface area contributed by atoms with Crippen molar-refractivity contribution >= 4 is 6.03 Å². The first-order chi connectivity index (χ1) is 11.1. The zero-order valence-electron chi connectivity index (χ0n) is 13.7. The number of urea groups is 1. The van der Waals surface area contributed by atoms with Gasteiger partial charge >= 0.3 is 6.03 Å². The van der Waals surface area contributed by atoms with E-state index in [0.717, 1.165) is 36.1 Å². The van der Waals surface area contributed by atoms with Gasteiger partial charge in [0.25, 0.3) is 0 Å². The summed E-state index contributed by atoms with van der Waals surface area (Å²) in [6.07, 6.45) is 4.67. The van der Waals surface area contributed by atoms with Gasteiger partial charge in [0.1, 0.15) is 5.76 Å². The lowest BCUT2D eigenvalue weighted by atomic mass is 9.93. The van der Waals surface area contributed by atoms with Crippen molar-refractivity contribution < 1.29 is 9.21 Å². The van der Waals surface area contributed by atoms with E-state index in [1.165, 1.54) is 0 Å². The molecule has 0 saturated heterocycles. The Hall–Kier alpha value is -2.23. The molecule has 2 atom stereocenters. The average Bonchev–Trinajstić information content (AvgIpc) is 3.03. The van der Waals surface area contributed by atoms with E-state index in [2.05, 4.69) is 36.6 Å². The van der Waals surface area contributed by atoms with E-state index >= 15 is 0 Å². The molecule has 122 valence electrons. The third kappa shape index (κ3) is 3.58. The number of aryl methyl sites for hydroxylation is 1. The lowest BCUT2D eigenvalue weighted by molar-refractivity contribution is 0.227. The van der Waals surface area contributed by atoms with Crippen molar-refractivity contribution in [3.63, 3.8) is 0 Å². The number of rotatable bonds is 4. The third-order valence-corrected chi connectivity index (χ3v) is 4.47. The summed E-state index contributed by atoms with van der Waals surface area (Å²) in [7, 11) is 0. The molecule has 2 amide bonds. The molecule has 1 heterocycles. The van der Waals surface area contributed by atoms with Crippen molar-refractivity contribution in [2.75, 3.05) is 0 Å². The van der Waals surface area contributed by atoms with Crippen LogP contribution in [-0.4, -0.2) is 6.03 Å². The molecule has 2 aromatic rings. The second kappa shape index (κ2) is 6.90. The number of fused-ring (bicyclic) bond motifs is 1. The zero-order valence-corrected chi connectivity index (χ0v) is 13.7. The minimum absolute atomic E-state index is 0.00334. The van der Waals surface area contributed by atoms with Gasteiger partial charge in [0.15, 0.2) is 0 Å². The van der Waals surface area contributed by atoms with E-state index < -0.39 is 0 Å². The summed E-state index contributed by atoms with van der Waals surface area (Å²) in [5.41, 5.74) is 2.25. The van der Waals surface area contributed by atoms with E-state index in [1.807, 2.05) is 24.3 Å². The van der Waals surface area contributed by atoms with Crippen LogP contribution in [0.25, 0.3) is 0 Å². The molecular weight excluding hydrogens is 288 g/mol. The molecule has 1 aliphatic rings. The molecule has 1 aromatic heterocycles. The van der Waals surface area contributed by atoms with E-state index in [-0.39, 0.29) is 18.1 Å². The van der Waals surface area contributed by atoms with Crippen LogP contribution in [0.2, 0.25) is 0 Å². The molecule has 23 heavy (non-hydrogen) atoms.